The predicted molar refractivity (Wildman–Crippen MR) is 88.7 cm³/mol. The van der Waals surface area contributed by atoms with Crippen molar-refractivity contribution in [3.8, 4) is 5.75 Å². The maximum absolute atomic E-state index is 13.4. The molecule has 0 saturated carbocycles. The van der Waals surface area contributed by atoms with E-state index in [1.54, 1.807) is 31.4 Å². The third-order valence-electron chi connectivity index (χ3n) is 3.25. The number of hydrogen-bond acceptors (Lipinski definition) is 2. The van der Waals surface area contributed by atoms with E-state index in [-0.39, 0.29) is 11.8 Å². The Labute approximate surface area is 135 Å². The molecule has 2 aromatic rings. The number of rotatable bonds is 6. The van der Waals surface area contributed by atoms with Crippen LogP contribution < -0.4 is 15.4 Å². The molecule has 0 aliphatic carbocycles. The molecule has 0 aromatic heterocycles. The Balaban J connectivity index is 1.77. The Morgan fingerprint density at radius 3 is 2.70 bits per heavy atom. The van der Waals surface area contributed by atoms with Crippen molar-refractivity contribution in [3.63, 3.8) is 0 Å². The Bertz CT molecular complexity index is 686. The van der Waals surface area contributed by atoms with Crippen molar-refractivity contribution in [1.82, 2.24) is 10.6 Å². The average molecular weight is 314 g/mol. The maximum atomic E-state index is 13.4. The highest BCUT2D eigenvalue weighted by Gasteiger charge is 2.02. The lowest BCUT2D eigenvalue weighted by molar-refractivity contribution is 0.244. The first-order valence-electron chi connectivity index (χ1n) is 7.28. The van der Waals surface area contributed by atoms with Gasteiger partial charge in [-0.25, -0.2) is 9.18 Å². The van der Waals surface area contributed by atoms with Crippen LogP contribution in [0, 0.1) is 5.82 Å². The average Bonchev–Trinajstić information content (AvgIpc) is 2.57. The van der Waals surface area contributed by atoms with Crippen LogP contribution in [0.15, 0.2) is 54.7 Å². The molecule has 2 amide bonds. The van der Waals surface area contributed by atoms with Crippen LogP contribution in [0.5, 0.6) is 5.75 Å². The number of benzene rings is 2. The smallest absolute Gasteiger partial charge is 0.318 e. The van der Waals surface area contributed by atoms with Gasteiger partial charge in [-0.1, -0.05) is 36.4 Å². The Morgan fingerprint density at radius 2 is 1.91 bits per heavy atom. The van der Waals surface area contributed by atoms with Crippen LogP contribution >= 0.6 is 0 Å². The molecule has 120 valence electrons. The van der Waals surface area contributed by atoms with Crippen molar-refractivity contribution < 1.29 is 13.9 Å². The van der Waals surface area contributed by atoms with Crippen molar-refractivity contribution in [3.05, 3.63) is 71.7 Å². The van der Waals surface area contributed by atoms with Crippen LogP contribution in [0.3, 0.4) is 0 Å². The van der Waals surface area contributed by atoms with E-state index in [2.05, 4.69) is 10.6 Å². The second-order valence-corrected chi connectivity index (χ2v) is 4.82. The summed E-state index contributed by atoms with van der Waals surface area (Å²) in [6.07, 6.45) is 3.72. The number of carbonyl (C=O) groups is 1. The summed E-state index contributed by atoms with van der Waals surface area (Å²) in [5.74, 6) is 0.469. The van der Waals surface area contributed by atoms with Crippen LogP contribution in [0.1, 0.15) is 11.1 Å². The lowest BCUT2D eigenvalue weighted by atomic mass is 10.1. The van der Waals surface area contributed by atoms with Crippen molar-refractivity contribution in [2.45, 2.75) is 6.42 Å². The number of urea groups is 1. The van der Waals surface area contributed by atoms with E-state index in [1.165, 1.54) is 12.3 Å². The van der Waals surface area contributed by atoms with Crippen molar-refractivity contribution >= 4 is 12.1 Å². The van der Waals surface area contributed by atoms with E-state index in [9.17, 15) is 9.18 Å². The zero-order chi connectivity index (χ0) is 16.5. The lowest BCUT2D eigenvalue weighted by Crippen LogP contribution is -2.33. The van der Waals surface area contributed by atoms with Crippen LogP contribution in [-0.2, 0) is 6.42 Å². The van der Waals surface area contributed by atoms with E-state index in [1.807, 2.05) is 24.3 Å². The molecule has 23 heavy (non-hydrogen) atoms. The molecule has 0 unspecified atom stereocenters. The van der Waals surface area contributed by atoms with Gasteiger partial charge >= 0.3 is 6.03 Å². The Hall–Kier alpha value is -2.82. The number of nitrogens with one attached hydrogen (secondary N) is 2. The standard InChI is InChI=1S/C18H19FN2O2/c1-23-17-9-5-3-7-15(17)11-13-21-18(22)20-12-10-14-6-2-4-8-16(14)19/h2-9,11,13H,10,12H2,1H3,(H2,20,21,22)/b13-11+. The monoisotopic (exact) mass is 314 g/mol. The lowest BCUT2D eigenvalue weighted by Gasteiger charge is -2.06. The summed E-state index contributed by atoms with van der Waals surface area (Å²) < 4.78 is 18.6. The van der Waals surface area contributed by atoms with Crippen LogP contribution in [0.2, 0.25) is 0 Å². The molecule has 0 radical (unpaired) electrons. The first-order chi connectivity index (χ1) is 11.2. The molecule has 0 fully saturated rings. The first-order valence-corrected chi connectivity index (χ1v) is 7.28. The van der Waals surface area contributed by atoms with Gasteiger partial charge in [-0.2, -0.15) is 0 Å². The summed E-state index contributed by atoms with van der Waals surface area (Å²) in [5.41, 5.74) is 1.44. The van der Waals surface area contributed by atoms with Crippen LogP contribution in [-0.4, -0.2) is 19.7 Å². The number of hydrogen-bond donors (Lipinski definition) is 2. The first kappa shape index (κ1) is 16.5. The minimum atomic E-state index is -0.340. The second kappa shape index (κ2) is 8.58. The number of amides is 2. The van der Waals surface area contributed by atoms with Crippen molar-refractivity contribution in [2.24, 2.45) is 0 Å². The molecule has 0 spiro atoms. The van der Waals surface area contributed by atoms with Crippen molar-refractivity contribution in [1.29, 1.82) is 0 Å². The molecule has 0 aliphatic heterocycles. The van der Waals surface area contributed by atoms with E-state index < -0.39 is 0 Å². The summed E-state index contributed by atoms with van der Waals surface area (Å²) in [4.78, 5) is 11.7. The van der Waals surface area contributed by atoms with E-state index in [0.717, 1.165) is 11.3 Å². The molecule has 0 atom stereocenters. The molecular weight excluding hydrogens is 295 g/mol. The van der Waals surface area contributed by atoms with Gasteiger partial charge in [-0.15, -0.1) is 0 Å². The topological polar surface area (TPSA) is 50.4 Å². The van der Waals surface area contributed by atoms with E-state index in [4.69, 9.17) is 4.74 Å². The third kappa shape index (κ3) is 5.14. The SMILES string of the molecule is COc1ccccc1/C=C/NC(=O)NCCc1ccccc1F. The molecule has 2 N–H and O–H groups in total. The van der Waals surface area contributed by atoms with Gasteiger partial charge in [0, 0.05) is 18.3 Å². The fourth-order valence-corrected chi connectivity index (χ4v) is 2.07. The summed E-state index contributed by atoms with van der Waals surface area (Å²) in [7, 11) is 1.59. The molecule has 0 bridgehead atoms. The highest BCUT2D eigenvalue weighted by molar-refractivity contribution is 5.76. The fraction of sp³-hybridized carbons (Fsp3) is 0.167. The van der Waals surface area contributed by atoms with Gasteiger partial charge in [0.2, 0.25) is 0 Å². The minimum Gasteiger partial charge on any atom is -0.496 e. The number of carbonyl (C=O) groups excluding carboxylic acids is 1. The normalized spacial score (nSPS) is 10.5. The zero-order valence-electron chi connectivity index (χ0n) is 12.9. The summed E-state index contributed by atoms with van der Waals surface area (Å²) in [5, 5.41) is 5.28. The van der Waals surface area contributed by atoms with Gasteiger partial charge in [0.25, 0.3) is 0 Å². The van der Waals surface area contributed by atoms with Crippen molar-refractivity contribution in [2.75, 3.05) is 13.7 Å². The van der Waals surface area contributed by atoms with Gasteiger partial charge in [0.15, 0.2) is 0 Å². The van der Waals surface area contributed by atoms with Gasteiger partial charge in [-0.3, -0.25) is 0 Å². The molecule has 0 heterocycles. The molecular formula is C18H19FN2O2. The van der Waals surface area contributed by atoms with Gasteiger partial charge in [0.1, 0.15) is 11.6 Å². The predicted octanol–water partition coefficient (Wildman–Crippen LogP) is 3.35. The molecule has 4 nitrogen and oxygen atoms in total. The van der Waals surface area contributed by atoms with E-state index >= 15 is 0 Å². The summed E-state index contributed by atoms with van der Waals surface area (Å²) in [6, 6.07) is 13.7. The quantitative estimate of drug-likeness (QED) is 0.859. The fourth-order valence-electron chi connectivity index (χ4n) is 2.07. The van der Waals surface area contributed by atoms with Gasteiger partial charge < -0.3 is 15.4 Å². The molecule has 5 heteroatoms. The third-order valence-corrected chi connectivity index (χ3v) is 3.25. The van der Waals surface area contributed by atoms with Gasteiger partial charge in [0.05, 0.1) is 7.11 Å². The number of ether oxygens (including phenoxy) is 1. The molecule has 2 rings (SSSR count). The van der Waals surface area contributed by atoms with Gasteiger partial charge in [-0.05, 0) is 30.2 Å². The highest BCUT2D eigenvalue weighted by atomic mass is 19.1. The minimum absolute atomic E-state index is 0.259. The number of para-hydroxylation sites is 1. The largest absolute Gasteiger partial charge is 0.496 e. The summed E-state index contributed by atoms with van der Waals surface area (Å²) >= 11 is 0. The Kier molecular flexibility index (Phi) is 6.17. The second-order valence-electron chi connectivity index (χ2n) is 4.82. The van der Waals surface area contributed by atoms with E-state index in [0.29, 0.717) is 18.5 Å². The number of halogens is 1. The van der Waals surface area contributed by atoms with Crippen LogP contribution in [0.25, 0.3) is 6.08 Å². The Morgan fingerprint density at radius 1 is 1.17 bits per heavy atom. The maximum Gasteiger partial charge on any atom is 0.318 e. The molecule has 2 aromatic carbocycles. The van der Waals surface area contributed by atoms with Crippen LogP contribution in [0.4, 0.5) is 9.18 Å². The molecule has 0 saturated heterocycles. The summed E-state index contributed by atoms with van der Waals surface area (Å²) in [6.45, 7) is 0.356. The highest BCUT2D eigenvalue weighted by Crippen LogP contribution is 2.18. The number of methoxy groups -OCH3 is 1. The molecule has 0 aliphatic rings. The zero-order valence-corrected chi connectivity index (χ0v) is 12.9.